The van der Waals surface area contributed by atoms with Gasteiger partial charge in [-0.25, -0.2) is 0 Å². The molecule has 1 aromatic carbocycles. The van der Waals surface area contributed by atoms with Crippen molar-refractivity contribution in [1.82, 2.24) is 15.0 Å². The average molecular weight is 488 g/mol. The van der Waals surface area contributed by atoms with Crippen molar-refractivity contribution in [1.29, 1.82) is 0 Å². The molecule has 11 nitrogen and oxygen atoms in total. The highest BCUT2D eigenvalue weighted by Crippen LogP contribution is 2.35. The van der Waals surface area contributed by atoms with Gasteiger partial charge in [0.25, 0.3) is 0 Å². The van der Waals surface area contributed by atoms with Gasteiger partial charge >= 0.3 is 0 Å². The fourth-order valence-corrected chi connectivity index (χ4v) is 4.10. The number of fused-ring (bicyclic) bond motifs is 1. The topological polar surface area (TPSA) is 138 Å². The molecule has 0 radical (unpaired) electrons. The van der Waals surface area contributed by atoms with Crippen LogP contribution in [-0.4, -0.2) is 67.3 Å². The number of nitrogens with two attached hydrogens (primary N) is 1. The fourth-order valence-electron chi connectivity index (χ4n) is 4.10. The van der Waals surface area contributed by atoms with Crippen molar-refractivity contribution in [3.63, 3.8) is 0 Å². The lowest BCUT2D eigenvalue weighted by Crippen LogP contribution is -2.23. The zero-order valence-corrected chi connectivity index (χ0v) is 20.3. The maximum Gasteiger partial charge on any atom is 0.233 e. The Kier molecular flexibility index (Phi) is 9.98. The second-order valence-electron chi connectivity index (χ2n) is 8.63. The Labute approximate surface area is 206 Å². The van der Waals surface area contributed by atoms with E-state index in [2.05, 4.69) is 30.9 Å². The minimum Gasteiger partial charge on any atom is -0.454 e. The van der Waals surface area contributed by atoms with Crippen LogP contribution in [0, 0.1) is 0 Å². The Bertz CT molecular complexity index is 909. The van der Waals surface area contributed by atoms with E-state index in [1.807, 2.05) is 18.2 Å². The first-order valence-electron chi connectivity index (χ1n) is 12.6. The van der Waals surface area contributed by atoms with E-state index >= 15 is 0 Å². The van der Waals surface area contributed by atoms with Crippen LogP contribution in [0.15, 0.2) is 18.2 Å². The van der Waals surface area contributed by atoms with Crippen LogP contribution >= 0.6 is 0 Å². The van der Waals surface area contributed by atoms with Gasteiger partial charge in [-0.1, -0.05) is 32.1 Å². The van der Waals surface area contributed by atoms with Crippen LogP contribution < -0.4 is 31.2 Å². The summed E-state index contributed by atoms with van der Waals surface area (Å²) >= 11 is 0. The predicted octanol–water partition coefficient (Wildman–Crippen LogP) is 3.27. The minimum atomic E-state index is 0.231. The number of benzene rings is 1. The van der Waals surface area contributed by atoms with Gasteiger partial charge in [0.15, 0.2) is 11.5 Å². The molecule has 0 saturated heterocycles. The van der Waals surface area contributed by atoms with E-state index in [-0.39, 0.29) is 6.79 Å². The van der Waals surface area contributed by atoms with Gasteiger partial charge in [-0.15, -0.1) is 0 Å². The molecule has 0 unspecified atom stereocenters. The van der Waals surface area contributed by atoms with Gasteiger partial charge in [-0.05, 0) is 25.0 Å². The third-order valence-electron chi connectivity index (χ3n) is 5.87. The van der Waals surface area contributed by atoms with E-state index in [0.29, 0.717) is 69.2 Å². The van der Waals surface area contributed by atoms with Crippen molar-refractivity contribution in [2.24, 2.45) is 5.73 Å². The number of ether oxygens (including phenoxy) is 4. The van der Waals surface area contributed by atoms with Crippen LogP contribution in [0.25, 0.3) is 0 Å². The number of aromatic nitrogens is 3. The molecule has 1 fully saturated rings. The standard InChI is InChI=1S/C24H37N7O4/c25-10-12-32-14-15-33-13-11-26-22-29-23(27-18-6-4-2-1-3-5-7-18)31-24(30-22)28-19-8-9-20-21(16-19)35-17-34-20/h8-9,16,18H,1-7,10-15,17,25H2,(H3,26,27,28,29,30,31). The zero-order chi connectivity index (χ0) is 24.1. The van der Waals surface area contributed by atoms with Crippen LogP contribution in [0.1, 0.15) is 44.9 Å². The summed E-state index contributed by atoms with van der Waals surface area (Å²) in [5.74, 6) is 2.93. The summed E-state index contributed by atoms with van der Waals surface area (Å²) in [4.78, 5) is 13.8. The summed E-state index contributed by atoms with van der Waals surface area (Å²) < 4.78 is 21.8. The molecule has 1 aliphatic carbocycles. The summed E-state index contributed by atoms with van der Waals surface area (Å²) in [5, 5.41) is 10.1. The predicted molar refractivity (Wildman–Crippen MR) is 135 cm³/mol. The second kappa shape index (κ2) is 13.9. The molecule has 1 aromatic heterocycles. The highest BCUT2D eigenvalue weighted by molar-refractivity contribution is 5.61. The number of hydrogen-bond donors (Lipinski definition) is 4. The highest BCUT2D eigenvalue weighted by atomic mass is 16.7. The van der Waals surface area contributed by atoms with Gasteiger partial charge in [-0.2, -0.15) is 15.0 Å². The molecule has 2 aromatic rings. The van der Waals surface area contributed by atoms with Crippen LogP contribution in [-0.2, 0) is 9.47 Å². The molecule has 0 spiro atoms. The Morgan fingerprint density at radius 3 is 2.37 bits per heavy atom. The molecule has 1 saturated carbocycles. The summed E-state index contributed by atoms with van der Waals surface area (Å²) in [6.45, 7) is 3.41. The quantitative estimate of drug-likeness (QED) is 0.310. The lowest BCUT2D eigenvalue weighted by molar-refractivity contribution is 0.0547. The molecular formula is C24H37N7O4. The van der Waals surface area contributed by atoms with E-state index in [9.17, 15) is 0 Å². The summed E-state index contributed by atoms with van der Waals surface area (Å²) in [5.41, 5.74) is 6.22. The average Bonchev–Trinajstić information content (AvgIpc) is 3.30. The minimum absolute atomic E-state index is 0.231. The van der Waals surface area contributed by atoms with Crippen molar-refractivity contribution < 1.29 is 18.9 Å². The maximum atomic E-state index is 5.59. The Morgan fingerprint density at radius 1 is 0.829 bits per heavy atom. The molecule has 0 atom stereocenters. The van der Waals surface area contributed by atoms with E-state index in [0.717, 1.165) is 24.3 Å². The van der Waals surface area contributed by atoms with Crippen LogP contribution in [0.2, 0.25) is 0 Å². The van der Waals surface area contributed by atoms with Crippen LogP contribution in [0.5, 0.6) is 11.5 Å². The number of anilines is 4. The monoisotopic (exact) mass is 487 g/mol. The SMILES string of the molecule is NCCOCCOCCNc1nc(Nc2ccc3c(c2)OCO3)nc(NC2CCCCCCC2)n1. The first-order valence-corrected chi connectivity index (χ1v) is 12.6. The van der Waals surface area contributed by atoms with Crippen molar-refractivity contribution in [3.05, 3.63) is 18.2 Å². The second-order valence-corrected chi connectivity index (χ2v) is 8.63. The summed E-state index contributed by atoms with van der Waals surface area (Å²) in [7, 11) is 0. The molecule has 5 N–H and O–H groups in total. The Morgan fingerprint density at radius 2 is 1.54 bits per heavy atom. The Balaban J connectivity index is 1.38. The number of hydrogen-bond acceptors (Lipinski definition) is 11. The zero-order valence-electron chi connectivity index (χ0n) is 20.3. The third kappa shape index (κ3) is 8.37. The number of nitrogens with zero attached hydrogens (tertiary/aromatic N) is 3. The molecule has 1 aliphatic heterocycles. The van der Waals surface area contributed by atoms with Crippen LogP contribution in [0.3, 0.4) is 0 Å². The van der Waals surface area contributed by atoms with E-state index in [4.69, 9.17) is 24.7 Å². The lowest BCUT2D eigenvalue weighted by Gasteiger charge is -2.21. The number of nitrogens with one attached hydrogen (secondary N) is 3. The van der Waals surface area contributed by atoms with E-state index in [1.54, 1.807) is 0 Å². The van der Waals surface area contributed by atoms with Crippen molar-refractivity contribution in [3.8, 4) is 11.5 Å². The molecule has 2 heterocycles. The first-order chi connectivity index (χ1) is 17.3. The highest BCUT2D eigenvalue weighted by Gasteiger charge is 2.16. The lowest BCUT2D eigenvalue weighted by atomic mass is 9.97. The van der Waals surface area contributed by atoms with E-state index < -0.39 is 0 Å². The van der Waals surface area contributed by atoms with Crippen LogP contribution in [0.4, 0.5) is 23.5 Å². The molecule has 0 amide bonds. The van der Waals surface area contributed by atoms with Gasteiger partial charge in [-0.3, -0.25) is 0 Å². The van der Waals surface area contributed by atoms with Crippen molar-refractivity contribution in [2.45, 2.75) is 51.0 Å². The fraction of sp³-hybridized carbons (Fsp3) is 0.625. The van der Waals surface area contributed by atoms with Gasteiger partial charge in [0.1, 0.15) is 0 Å². The molecule has 4 rings (SSSR count). The van der Waals surface area contributed by atoms with Gasteiger partial charge < -0.3 is 40.6 Å². The molecule has 11 heteroatoms. The Hall–Kier alpha value is -2.89. The molecule has 192 valence electrons. The summed E-state index contributed by atoms with van der Waals surface area (Å²) in [6.07, 6.45) is 8.61. The molecule has 0 bridgehead atoms. The van der Waals surface area contributed by atoms with Gasteiger partial charge in [0, 0.05) is 30.9 Å². The smallest absolute Gasteiger partial charge is 0.233 e. The third-order valence-corrected chi connectivity index (χ3v) is 5.87. The molecule has 2 aliphatic rings. The van der Waals surface area contributed by atoms with Crippen molar-refractivity contribution >= 4 is 23.5 Å². The largest absolute Gasteiger partial charge is 0.454 e. The van der Waals surface area contributed by atoms with Crippen molar-refractivity contribution in [2.75, 3.05) is 62.3 Å². The van der Waals surface area contributed by atoms with Gasteiger partial charge in [0.2, 0.25) is 24.6 Å². The normalized spacial score (nSPS) is 15.9. The number of rotatable bonds is 13. The summed E-state index contributed by atoms with van der Waals surface area (Å²) in [6, 6.07) is 6.02. The first kappa shape index (κ1) is 25.2. The van der Waals surface area contributed by atoms with Gasteiger partial charge in [0.05, 0.1) is 26.4 Å². The van der Waals surface area contributed by atoms with E-state index in [1.165, 1.54) is 32.1 Å². The molecular weight excluding hydrogens is 450 g/mol. The molecule has 35 heavy (non-hydrogen) atoms. The maximum absolute atomic E-state index is 5.59.